The van der Waals surface area contributed by atoms with Crippen molar-refractivity contribution in [1.29, 1.82) is 0 Å². The van der Waals surface area contributed by atoms with Crippen molar-refractivity contribution >= 4 is 33.5 Å². The van der Waals surface area contributed by atoms with Crippen LogP contribution in [0, 0.1) is 0 Å². The van der Waals surface area contributed by atoms with Gasteiger partial charge in [-0.1, -0.05) is 30.3 Å². The molecule has 0 amide bonds. The second-order valence-electron chi connectivity index (χ2n) is 6.27. The predicted octanol–water partition coefficient (Wildman–Crippen LogP) is 4.76. The Kier molecular flexibility index (Phi) is 4.40. The van der Waals surface area contributed by atoms with Crippen molar-refractivity contribution in [2.24, 2.45) is 0 Å². The van der Waals surface area contributed by atoms with E-state index in [1.54, 1.807) is 6.20 Å². The van der Waals surface area contributed by atoms with Gasteiger partial charge in [0.25, 0.3) is 0 Å². The van der Waals surface area contributed by atoms with Crippen LogP contribution in [0.4, 0.5) is 17.6 Å². The molecule has 0 radical (unpaired) electrons. The zero-order valence-electron chi connectivity index (χ0n) is 13.8. The molecule has 0 aliphatic heterocycles. The van der Waals surface area contributed by atoms with Crippen LogP contribution in [0.2, 0.25) is 0 Å². The molecule has 1 aromatic carbocycles. The summed E-state index contributed by atoms with van der Waals surface area (Å²) in [6, 6.07) is 12.4. The van der Waals surface area contributed by atoms with Crippen LogP contribution in [-0.4, -0.2) is 20.2 Å². The second-order valence-corrected chi connectivity index (χ2v) is 7.13. The lowest BCUT2D eigenvalue weighted by Crippen LogP contribution is -2.10. The lowest BCUT2D eigenvalue weighted by Gasteiger charge is -2.15. The van der Waals surface area contributed by atoms with E-state index in [2.05, 4.69) is 65.8 Å². The first kappa shape index (κ1) is 16.1. The summed E-state index contributed by atoms with van der Waals surface area (Å²) in [6.07, 6.45) is 4.22. The van der Waals surface area contributed by atoms with Crippen molar-refractivity contribution in [3.8, 4) is 0 Å². The van der Waals surface area contributed by atoms with E-state index in [4.69, 9.17) is 0 Å². The van der Waals surface area contributed by atoms with Crippen LogP contribution < -0.4 is 10.6 Å². The Hall–Kier alpha value is -2.41. The molecule has 7 heteroatoms. The fourth-order valence-electron chi connectivity index (χ4n) is 2.67. The smallest absolute Gasteiger partial charge is 0.225 e. The topological polar surface area (TPSA) is 78.5 Å². The van der Waals surface area contributed by atoms with Crippen molar-refractivity contribution in [3.05, 3.63) is 58.3 Å². The van der Waals surface area contributed by atoms with Crippen LogP contribution in [-0.2, 0) is 0 Å². The fourth-order valence-corrected chi connectivity index (χ4v) is 2.96. The van der Waals surface area contributed by atoms with Crippen LogP contribution in [0.1, 0.15) is 43.0 Å². The molecule has 2 heterocycles. The molecule has 0 bridgehead atoms. The number of nitrogens with one attached hydrogen (secondary N) is 3. The monoisotopic (exact) mass is 398 g/mol. The van der Waals surface area contributed by atoms with Gasteiger partial charge in [-0.05, 0) is 41.3 Å². The number of aromatic amines is 1. The van der Waals surface area contributed by atoms with Crippen molar-refractivity contribution < 1.29 is 0 Å². The summed E-state index contributed by atoms with van der Waals surface area (Å²) < 4.78 is 0.793. The maximum atomic E-state index is 4.57. The minimum absolute atomic E-state index is 0.113. The van der Waals surface area contributed by atoms with Gasteiger partial charge in [-0.25, -0.2) is 4.98 Å². The molecule has 25 heavy (non-hydrogen) atoms. The molecule has 4 rings (SSSR count). The van der Waals surface area contributed by atoms with Crippen LogP contribution >= 0.6 is 15.9 Å². The predicted molar refractivity (Wildman–Crippen MR) is 102 cm³/mol. The maximum absolute atomic E-state index is 4.57. The van der Waals surface area contributed by atoms with Crippen LogP contribution in [0.3, 0.4) is 0 Å². The largest absolute Gasteiger partial charge is 0.348 e. The minimum Gasteiger partial charge on any atom is -0.348 e. The first-order chi connectivity index (χ1) is 12.2. The molecule has 0 saturated heterocycles. The van der Waals surface area contributed by atoms with E-state index in [0.29, 0.717) is 17.7 Å². The Bertz CT molecular complexity index is 859. The molecule has 6 nitrogen and oxygen atoms in total. The molecule has 1 aliphatic carbocycles. The third-order valence-electron chi connectivity index (χ3n) is 4.25. The summed E-state index contributed by atoms with van der Waals surface area (Å²) in [5, 5.41) is 14.0. The van der Waals surface area contributed by atoms with Gasteiger partial charge in [-0.15, -0.1) is 0 Å². The molecule has 3 aromatic rings. The third kappa shape index (κ3) is 3.82. The molecule has 1 aliphatic rings. The molecule has 3 N–H and O–H groups in total. The maximum Gasteiger partial charge on any atom is 0.225 e. The molecule has 2 aromatic heterocycles. The lowest BCUT2D eigenvalue weighted by atomic mass is 10.1. The number of aromatic nitrogens is 4. The number of halogens is 1. The molecule has 128 valence electrons. The van der Waals surface area contributed by atoms with Gasteiger partial charge in [0.2, 0.25) is 5.95 Å². The van der Waals surface area contributed by atoms with Crippen molar-refractivity contribution in [2.75, 3.05) is 10.6 Å². The SMILES string of the molecule is C[C@@H](Nc1ncc(Br)c(Nc2cc(C3CC3)[nH]n2)n1)c1ccccc1. The highest BCUT2D eigenvalue weighted by Crippen LogP contribution is 2.39. The van der Waals surface area contributed by atoms with Crippen molar-refractivity contribution in [1.82, 2.24) is 20.2 Å². The molecule has 1 fully saturated rings. The standard InChI is InChI=1S/C18H19BrN6/c1-11(12-5-3-2-4-6-12)21-18-20-10-14(19)17(23-18)22-16-9-15(24-25-16)13-7-8-13/h2-6,9-11,13H,7-8H2,1H3,(H3,20,21,22,23,24,25)/t11-/m1/s1. The molecular formula is C18H19BrN6. The van der Waals surface area contributed by atoms with E-state index in [-0.39, 0.29) is 6.04 Å². The van der Waals surface area contributed by atoms with E-state index in [1.165, 1.54) is 24.1 Å². The summed E-state index contributed by atoms with van der Waals surface area (Å²) in [4.78, 5) is 8.92. The number of H-pyrrole nitrogens is 1. The van der Waals surface area contributed by atoms with Gasteiger partial charge in [0.1, 0.15) is 0 Å². The number of rotatable bonds is 6. The highest BCUT2D eigenvalue weighted by molar-refractivity contribution is 9.10. The first-order valence-electron chi connectivity index (χ1n) is 8.35. The Morgan fingerprint density at radius 2 is 2.04 bits per heavy atom. The number of anilines is 3. The van der Waals surface area contributed by atoms with Crippen molar-refractivity contribution in [2.45, 2.75) is 31.7 Å². The normalized spacial score (nSPS) is 15.0. The third-order valence-corrected chi connectivity index (χ3v) is 4.83. The van der Waals surface area contributed by atoms with Crippen LogP contribution in [0.15, 0.2) is 47.1 Å². The zero-order valence-corrected chi connectivity index (χ0v) is 15.4. The molecule has 0 spiro atoms. The van der Waals surface area contributed by atoms with Gasteiger partial charge in [0.05, 0.1) is 10.5 Å². The fraction of sp³-hybridized carbons (Fsp3) is 0.278. The Morgan fingerprint density at radius 3 is 2.80 bits per heavy atom. The quantitative estimate of drug-likeness (QED) is 0.557. The Morgan fingerprint density at radius 1 is 1.24 bits per heavy atom. The Balaban J connectivity index is 1.49. The van der Waals surface area contributed by atoms with Gasteiger partial charge >= 0.3 is 0 Å². The average molecular weight is 399 g/mol. The number of benzene rings is 1. The summed E-state index contributed by atoms with van der Waals surface area (Å²) in [7, 11) is 0. The molecular weight excluding hydrogens is 380 g/mol. The second kappa shape index (κ2) is 6.84. The Labute approximate surface area is 154 Å². The molecule has 1 saturated carbocycles. The number of nitrogens with zero attached hydrogens (tertiary/aromatic N) is 3. The van der Waals surface area contributed by atoms with E-state index < -0.39 is 0 Å². The molecule has 1 atom stereocenters. The van der Waals surface area contributed by atoms with Gasteiger partial charge in [-0.2, -0.15) is 10.1 Å². The summed E-state index contributed by atoms with van der Waals surface area (Å²) >= 11 is 3.49. The zero-order chi connectivity index (χ0) is 17.2. The summed E-state index contributed by atoms with van der Waals surface area (Å²) in [5.41, 5.74) is 2.37. The van der Waals surface area contributed by atoms with E-state index in [0.717, 1.165) is 10.3 Å². The summed E-state index contributed by atoms with van der Waals surface area (Å²) in [5.74, 6) is 2.66. The van der Waals surface area contributed by atoms with Gasteiger partial charge in [-0.3, -0.25) is 5.10 Å². The van der Waals surface area contributed by atoms with Gasteiger partial charge in [0.15, 0.2) is 11.6 Å². The highest BCUT2D eigenvalue weighted by Gasteiger charge is 2.25. The van der Waals surface area contributed by atoms with Crippen LogP contribution in [0.5, 0.6) is 0 Å². The van der Waals surface area contributed by atoms with Crippen LogP contribution in [0.25, 0.3) is 0 Å². The molecule has 0 unspecified atom stereocenters. The van der Waals surface area contributed by atoms with E-state index >= 15 is 0 Å². The average Bonchev–Trinajstić information content (AvgIpc) is 3.38. The van der Waals surface area contributed by atoms with E-state index in [1.807, 2.05) is 24.3 Å². The van der Waals surface area contributed by atoms with Gasteiger partial charge < -0.3 is 10.6 Å². The minimum atomic E-state index is 0.113. The first-order valence-corrected chi connectivity index (χ1v) is 9.14. The summed E-state index contributed by atoms with van der Waals surface area (Å²) in [6.45, 7) is 2.09. The van der Waals surface area contributed by atoms with E-state index in [9.17, 15) is 0 Å². The van der Waals surface area contributed by atoms with Crippen molar-refractivity contribution in [3.63, 3.8) is 0 Å². The number of hydrogen-bond donors (Lipinski definition) is 3. The number of hydrogen-bond acceptors (Lipinski definition) is 5. The lowest BCUT2D eigenvalue weighted by molar-refractivity contribution is 0.860. The van der Waals surface area contributed by atoms with Gasteiger partial charge in [0, 0.05) is 23.9 Å². The highest BCUT2D eigenvalue weighted by atomic mass is 79.9.